The second kappa shape index (κ2) is 5.16. The summed E-state index contributed by atoms with van der Waals surface area (Å²) in [7, 11) is 0. The molecule has 1 aliphatic rings. The number of hydrogen-bond acceptors (Lipinski definition) is 1. The molecule has 1 saturated carbocycles. The Hall–Kier alpha value is -0.301. The van der Waals surface area contributed by atoms with Crippen molar-refractivity contribution in [3.63, 3.8) is 0 Å². The van der Waals surface area contributed by atoms with E-state index < -0.39 is 0 Å². The van der Waals surface area contributed by atoms with E-state index >= 15 is 0 Å². The Morgan fingerprint density at radius 1 is 1.20 bits per heavy atom. The average molecular weight is 269 g/mol. The van der Waals surface area contributed by atoms with Crippen LogP contribution in [0.2, 0.25) is 4.82 Å². The summed E-state index contributed by atoms with van der Waals surface area (Å²) < 4.78 is 1.42. The molecule has 0 bridgehead atoms. The molecular formula is C13H18OSe. The molecule has 1 aromatic carbocycles. The Morgan fingerprint density at radius 2 is 1.93 bits per heavy atom. The van der Waals surface area contributed by atoms with E-state index in [-0.39, 0.29) is 6.10 Å². The van der Waals surface area contributed by atoms with Crippen LogP contribution in [0.5, 0.6) is 0 Å². The van der Waals surface area contributed by atoms with Gasteiger partial charge in [0.25, 0.3) is 0 Å². The minimum absolute atomic E-state index is 0.0612. The summed E-state index contributed by atoms with van der Waals surface area (Å²) in [5.41, 5.74) is 0. The summed E-state index contributed by atoms with van der Waals surface area (Å²) in [5.74, 6) is 0.711. The van der Waals surface area contributed by atoms with E-state index in [1.807, 2.05) is 0 Å². The summed E-state index contributed by atoms with van der Waals surface area (Å²) >= 11 is 0.445. The van der Waals surface area contributed by atoms with Crippen LogP contribution in [0.25, 0.3) is 0 Å². The molecule has 2 rings (SSSR count). The SMILES string of the molecule is C[C@H]1CC[C@@H]([Se]c2ccccc2)[C@H](O)C1. The summed E-state index contributed by atoms with van der Waals surface area (Å²) in [6.45, 7) is 2.24. The van der Waals surface area contributed by atoms with Crippen molar-refractivity contribution in [3.8, 4) is 0 Å². The van der Waals surface area contributed by atoms with Crippen molar-refractivity contribution < 1.29 is 5.11 Å². The van der Waals surface area contributed by atoms with E-state index in [9.17, 15) is 5.11 Å². The van der Waals surface area contributed by atoms with E-state index in [1.165, 1.54) is 17.3 Å². The van der Waals surface area contributed by atoms with Gasteiger partial charge in [0.2, 0.25) is 0 Å². The molecule has 3 atom stereocenters. The topological polar surface area (TPSA) is 20.2 Å². The molecular weight excluding hydrogens is 251 g/mol. The first-order chi connectivity index (χ1) is 7.25. The molecule has 82 valence electrons. The van der Waals surface area contributed by atoms with Crippen LogP contribution in [0, 0.1) is 5.92 Å². The van der Waals surface area contributed by atoms with E-state index in [0.717, 1.165) is 6.42 Å². The van der Waals surface area contributed by atoms with Gasteiger partial charge in [0, 0.05) is 0 Å². The van der Waals surface area contributed by atoms with Crippen LogP contribution in [0.3, 0.4) is 0 Å². The molecule has 0 spiro atoms. The van der Waals surface area contributed by atoms with Crippen molar-refractivity contribution in [2.45, 2.75) is 37.1 Å². The molecule has 0 amide bonds. The van der Waals surface area contributed by atoms with Gasteiger partial charge in [-0.25, -0.2) is 0 Å². The quantitative estimate of drug-likeness (QED) is 0.814. The average Bonchev–Trinajstić information content (AvgIpc) is 2.24. The van der Waals surface area contributed by atoms with Crippen molar-refractivity contribution >= 4 is 19.4 Å². The predicted molar refractivity (Wildman–Crippen MR) is 64.6 cm³/mol. The van der Waals surface area contributed by atoms with E-state index in [0.29, 0.717) is 25.7 Å². The van der Waals surface area contributed by atoms with Crippen LogP contribution < -0.4 is 4.46 Å². The molecule has 1 aromatic rings. The summed E-state index contributed by atoms with van der Waals surface area (Å²) in [4.78, 5) is 0.538. The van der Waals surface area contributed by atoms with Gasteiger partial charge in [0.15, 0.2) is 0 Å². The third-order valence-electron chi connectivity index (χ3n) is 3.05. The Kier molecular flexibility index (Phi) is 3.85. The Balaban J connectivity index is 1.95. The van der Waals surface area contributed by atoms with Crippen LogP contribution in [-0.2, 0) is 0 Å². The third-order valence-corrected chi connectivity index (χ3v) is 5.98. The van der Waals surface area contributed by atoms with E-state index in [2.05, 4.69) is 37.3 Å². The van der Waals surface area contributed by atoms with Crippen LogP contribution in [0.15, 0.2) is 30.3 Å². The van der Waals surface area contributed by atoms with Gasteiger partial charge in [-0.05, 0) is 0 Å². The van der Waals surface area contributed by atoms with Gasteiger partial charge < -0.3 is 0 Å². The summed E-state index contributed by atoms with van der Waals surface area (Å²) in [6, 6.07) is 10.6. The fourth-order valence-corrected chi connectivity index (χ4v) is 4.62. The minimum atomic E-state index is -0.0612. The zero-order valence-corrected chi connectivity index (χ0v) is 10.8. The molecule has 0 radical (unpaired) electrons. The predicted octanol–water partition coefficient (Wildman–Crippen LogP) is 1.99. The number of rotatable bonds is 2. The Morgan fingerprint density at radius 3 is 2.60 bits per heavy atom. The maximum atomic E-state index is 10.0. The molecule has 0 aromatic heterocycles. The second-order valence-corrected chi connectivity index (χ2v) is 7.21. The first-order valence-corrected chi connectivity index (χ1v) is 7.50. The molecule has 1 fully saturated rings. The van der Waals surface area contributed by atoms with E-state index in [4.69, 9.17) is 0 Å². The van der Waals surface area contributed by atoms with Crippen LogP contribution >= 0.6 is 0 Å². The third kappa shape index (κ3) is 3.07. The Bertz CT molecular complexity index is 299. The summed E-state index contributed by atoms with van der Waals surface area (Å²) in [6.07, 6.45) is 3.43. The second-order valence-electron chi connectivity index (χ2n) is 4.45. The molecule has 0 heterocycles. The first kappa shape index (κ1) is 11.2. The van der Waals surface area contributed by atoms with Crippen molar-refractivity contribution in [1.82, 2.24) is 0 Å². The van der Waals surface area contributed by atoms with Gasteiger partial charge in [0.05, 0.1) is 0 Å². The molecule has 15 heavy (non-hydrogen) atoms. The zero-order valence-electron chi connectivity index (χ0n) is 9.10. The summed E-state index contributed by atoms with van der Waals surface area (Å²) in [5, 5.41) is 10.0. The monoisotopic (exact) mass is 270 g/mol. The van der Waals surface area contributed by atoms with Crippen molar-refractivity contribution in [1.29, 1.82) is 0 Å². The number of hydrogen-bond donors (Lipinski definition) is 1. The van der Waals surface area contributed by atoms with Gasteiger partial charge in [0.1, 0.15) is 0 Å². The standard InChI is InChI=1S/C13H18OSe/c1-10-7-8-13(12(14)9-10)15-11-5-3-2-4-6-11/h2-6,10,12-14H,7-9H2,1H3/t10-,12+,13+/m0/s1. The van der Waals surface area contributed by atoms with Crippen LogP contribution in [0.4, 0.5) is 0 Å². The Labute approximate surface area is 98.1 Å². The number of aliphatic hydroxyl groups is 1. The van der Waals surface area contributed by atoms with Gasteiger partial charge in [-0.15, -0.1) is 0 Å². The zero-order chi connectivity index (χ0) is 10.7. The normalized spacial score (nSPS) is 31.5. The fraction of sp³-hybridized carbons (Fsp3) is 0.538. The molecule has 0 saturated heterocycles. The van der Waals surface area contributed by atoms with Crippen molar-refractivity contribution in [2.24, 2.45) is 5.92 Å². The molecule has 1 aliphatic carbocycles. The van der Waals surface area contributed by atoms with Gasteiger partial charge in [-0.3, -0.25) is 0 Å². The number of aliphatic hydroxyl groups excluding tert-OH is 1. The van der Waals surface area contributed by atoms with Gasteiger partial charge in [-0.2, -0.15) is 0 Å². The maximum absolute atomic E-state index is 10.0. The fourth-order valence-electron chi connectivity index (χ4n) is 2.13. The van der Waals surface area contributed by atoms with Crippen LogP contribution in [0.1, 0.15) is 26.2 Å². The molecule has 1 N–H and O–H groups in total. The molecule has 1 nitrogen and oxygen atoms in total. The molecule has 0 unspecified atom stereocenters. The van der Waals surface area contributed by atoms with Crippen molar-refractivity contribution in [3.05, 3.63) is 30.3 Å². The molecule has 0 aliphatic heterocycles. The van der Waals surface area contributed by atoms with Crippen molar-refractivity contribution in [2.75, 3.05) is 0 Å². The first-order valence-electron chi connectivity index (χ1n) is 5.65. The van der Waals surface area contributed by atoms with Crippen LogP contribution in [-0.4, -0.2) is 26.2 Å². The van der Waals surface area contributed by atoms with Gasteiger partial charge >= 0.3 is 97.9 Å². The van der Waals surface area contributed by atoms with Gasteiger partial charge in [-0.1, -0.05) is 0 Å². The van der Waals surface area contributed by atoms with E-state index in [1.54, 1.807) is 0 Å². The molecule has 2 heteroatoms. The number of benzene rings is 1.